The van der Waals surface area contributed by atoms with Crippen LogP contribution in [0.25, 0.3) is 0 Å². The SMILES string of the molecule is COC(=O)N1CC[C@@H](N)C1. The highest BCUT2D eigenvalue weighted by molar-refractivity contribution is 5.67. The third-order valence-corrected chi connectivity index (χ3v) is 1.66. The van der Waals surface area contributed by atoms with Crippen molar-refractivity contribution in [2.24, 2.45) is 5.73 Å². The summed E-state index contributed by atoms with van der Waals surface area (Å²) in [6, 6.07) is 0.138. The van der Waals surface area contributed by atoms with E-state index in [2.05, 4.69) is 4.74 Å². The van der Waals surface area contributed by atoms with Crippen LogP contribution in [0.4, 0.5) is 4.79 Å². The van der Waals surface area contributed by atoms with E-state index in [-0.39, 0.29) is 12.1 Å². The van der Waals surface area contributed by atoms with Gasteiger partial charge in [0.05, 0.1) is 7.11 Å². The molecule has 0 aromatic heterocycles. The van der Waals surface area contributed by atoms with Crippen molar-refractivity contribution < 1.29 is 9.53 Å². The Balaban J connectivity index is 2.37. The van der Waals surface area contributed by atoms with Gasteiger partial charge in [-0.3, -0.25) is 0 Å². The molecule has 1 aliphatic rings. The molecule has 0 spiro atoms. The van der Waals surface area contributed by atoms with E-state index in [1.807, 2.05) is 0 Å². The maximum Gasteiger partial charge on any atom is 0.409 e. The molecule has 1 heterocycles. The van der Waals surface area contributed by atoms with Crippen molar-refractivity contribution in [1.29, 1.82) is 0 Å². The first-order valence-electron chi connectivity index (χ1n) is 3.32. The summed E-state index contributed by atoms with van der Waals surface area (Å²) < 4.78 is 4.51. The Labute approximate surface area is 59.9 Å². The van der Waals surface area contributed by atoms with Crippen LogP contribution in [0.15, 0.2) is 0 Å². The number of rotatable bonds is 0. The topological polar surface area (TPSA) is 55.6 Å². The van der Waals surface area contributed by atoms with Gasteiger partial charge < -0.3 is 15.4 Å². The predicted molar refractivity (Wildman–Crippen MR) is 36.6 cm³/mol. The average molecular weight is 144 g/mol. The normalized spacial score (nSPS) is 25.0. The van der Waals surface area contributed by atoms with Gasteiger partial charge in [-0.25, -0.2) is 4.79 Å². The zero-order valence-corrected chi connectivity index (χ0v) is 6.04. The Morgan fingerprint density at radius 2 is 2.50 bits per heavy atom. The van der Waals surface area contributed by atoms with Crippen molar-refractivity contribution in [2.75, 3.05) is 20.2 Å². The standard InChI is InChI=1S/C6H12N2O2/c1-10-6(9)8-3-2-5(7)4-8/h5H,2-4,7H2,1H3/t5-/m1/s1. The van der Waals surface area contributed by atoms with Crippen molar-refractivity contribution in [3.8, 4) is 0 Å². The Morgan fingerprint density at radius 3 is 2.90 bits per heavy atom. The summed E-state index contributed by atoms with van der Waals surface area (Å²) in [6.45, 7) is 1.36. The lowest BCUT2D eigenvalue weighted by Crippen LogP contribution is -2.31. The molecule has 0 unspecified atom stereocenters. The van der Waals surface area contributed by atoms with Gasteiger partial charge in [0, 0.05) is 19.1 Å². The molecule has 0 aliphatic carbocycles. The Bertz CT molecular complexity index is 138. The van der Waals surface area contributed by atoms with Crippen LogP contribution in [-0.4, -0.2) is 37.2 Å². The number of hydrogen-bond acceptors (Lipinski definition) is 3. The fraction of sp³-hybridized carbons (Fsp3) is 0.833. The summed E-state index contributed by atoms with van der Waals surface area (Å²) in [5, 5.41) is 0. The molecule has 0 aromatic carbocycles. The summed E-state index contributed by atoms with van der Waals surface area (Å²) >= 11 is 0. The predicted octanol–water partition coefficient (Wildman–Crippen LogP) is -0.214. The molecule has 1 rings (SSSR count). The van der Waals surface area contributed by atoms with Gasteiger partial charge in [0.25, 0.3) is 0 Å². The number of nitrogens with two attached hydrogens (primary N) is 1. The minimum absolute atomic E-state index is 0.138. The lowest BCUT2D eigenvalue weighted by atomic mass is 10.3. The highest BCUT2D eigenvalue weighted by Gasteiger charge is 2.23. The lowest BCUT2D eigenvalue weighted by molar-refractivity contribution is 0.132. The van der Waals surface area contributed by atoms with Crippen molar-refractivity contribution in [3.05, 3.63) is 0 Å². The Hall–Kier alpha value is -0.770. The maximum atomic E-state index is 10.8. The first kappa shape index (κ1) is 7.34. The fourth-order valence-electron chi connectivity index (χ4n) is 1.08. The van der Waals surface area contributed by atoms with E-state index in [9.17, 15) is 4.79 Å². The third kappa shape index (κ3) is 1.39. The molecule has 10 heavy (non-hydrogen) atoms. The first-order chi connectivity index (χ1) is 4.74. The number of nitrogens with zero attached hydrogens (tertiary/aromatic N) is 1. The van der Waals surface area contributed by atoms with Crippen molar-refractivity contribution in [2.45, 2.75) is 12.5 Å². The summed E-state index contributed by atoms with van der Waals surface area (Å²) in [4.78, 5) is 12.4. The van der Waals surface area contributed by atoms with Crippen LogP contribution in [0.1, 0.15) is 6.42 Å². The van der Waals surface area contributed by atoms with E-state index >= 15 is 0 Å². The summed E-state index contributed by atoms with van der Waals surface area (Å²) in [5.41, 5.74) is 5.57. The first-order valence-corrected chi connectivity index (χ1v) is 3.32. The second-order valence-electron chi connectivity index (χ2n) is 2.46. The van der Waals surface area contributed by atoms with E-state index in [1.54, 1.807) is 4.90 Å². The molecule has 1 amide bonds. The van der Waals surface area contributed by atoms with E-state index in [1.165, 1.54) is 7.11 Å². The number of carbonyl (C=O) groups excluding carboxylic acids is 1. The molecule has 1 fully saturated rings. The molecule has 2 N–H and O–H groups in total. The molecule has 0 aromatic rings. The van der Waals surface area contributed by atoms with Gasteiger partial charge in [0.1, 0.15) is 0 Å². The van der Waals surface area contributed by atoms with Crippen LogP contribution >= 0.6 is 0 Å². The molecule has 0 bridgehead atoms. The average Bonchev–Trinajstić information content (AvgIpc) is 2.34. The Kier molecular flexibility index (Phi) is 2.11. The minimum atomic E-state index is -0.270. The monoisotopic (exact) mass is 144 g/mol. The van der Waals surface area contributed by atoms with Gasteiger partial charge in [-0.2, -0.15) is 0 Å². The third-order valence-electron chi connectivity index (χ3n) is 1.66. The number of amides is 1. The number of hydrogen-bond donors (Lipinski definition) is 1. The second kappa shape index (κ2) is 2.88. The number of methoxy groups -OCH3 is 1. The molecule has 4 nitrogen and oxygen atoms in total. The molecule has 1 atom stereocenters. The second-order valence-corrected chi connectivity index (χ2v) is 2.46. The highest BCUT2D eigenvalue weighted by Crippen LogP contribution is 2.07. The van der Waals surface area contributed by atoms with Gasteiger partial charge in [-0.15, -0.1) is 0 Å². The lowest BCUT2D eigenvalue weighted by Gasteiger charge is -2.12. The van der Waals surface area contributed by atoms with Crippen molar-refractivity contribution >= 4 is 6.09 Å². The van der Waals surface area contributed by atoms with Crippen molar-refractivity contribution in [1.82, 2.24) is 4.90 Å². The van der Waals surface area contributed by atoms with Crippen LogP contribution in [-0.2, 0) is 4.74 Å². The van der Waals surface area contributed by atoms with Gasteiger partial charge in [-0.1, -0.05) is 0 Å². The number of likely N-dealkylation sites (tertiary alicyclic amines) is 1. The molecule has 0 saturated carbocycles. The zero-order chi connectivity index (χ0) is 7.56. The fourth-order valence-corrected chi connectivity index (χ4v) is 1.08. The summed E-state index contributed by atoms with van der Waals surface area (Å²) in [7, 11) is 1.38. The van der Waals surface area contributed by atoms with Gasteiger partial charge in [-0.05, 0) is 6.42 Å². The molecule has 4 heteroatoms. The van der Waals surface area contributed by atoms with Crippen LogP contribution < -0.4 is 5.73 Å². The van der Waals surface area contributed by atoms with E-state index in [4.69, 9.17) is 5.73 Å². The van der Waals surface area contributed by atoms with Gasteiger partial charge in [0.2, 0.25) is 0 Å². The van der Waals surface area contributed by atoms with Crippen LogP contribution in [0.5, 0.6) is 0 Å². The van der Waals surface area contributed by atoms with Crippen LogP contribution in [0.2, 0.25) is 0 Å². The van der Waals surface area contributed by atoms with Gasteiger partial charge >= 0.3 is 6.09 Å². The summed E-state index contributed by atoms with van der Waals surface area (Å²) in [5.74, 6) is 0. The van der Waals surface area contributed by atoms with E-state index in [0.717, 1.165) is 13.0 Å². The molecule has 58 valence electrons. The molecule has 1 aliphatic heterocycles. The zero-order valence-electron chi connectivity index (χ0n) is 6.04. The largest absolute Gasteiger partial charge is 0.453 e. The molecule has 1 saturated heterocycles. The quantitative estimate of drug-likeness (QED) is 0.511. The van der Waals surface area contributed by atoms with Crippen LogP contribution in [0.3, 0.4) is 0 Å². The number of carbonyl (C=O) groups is 1. The summed E-state index contributed by atoms with van der Waals surface area (Å²) in [6.07, 6.45) is 0.614. The van der Waals surface area contributed by atoms with E-state index < -0.39 is 0 Å². The number of ether oxygens (including phenoxy) is 1. The highest BCUT2D eigenvalue weighted by atomic mass is 16.5. The minimum Gasteiger partial charge on any atom is -0.453 e. The molecular weight excluding hydrogens is 132 g/mol. The molecule has 0 radical (unpaired) electrons. The van der Waals surface area contributed by atoms with Gasteiger partial charge in [0.15, 0.2) is 0 Å². The molecular formula is C6H12N2O2. The maximum absolute atomic E-state index is 10.8. The van der Waals surface area contributed by atoms with Crippen molar-refractivity contribution in [3.63, 3.8) is 0 Å². The Morgan fingerprint density at radius 1 is 1.80 bits per heavy atom. The smallest absolute Gasteiger partial charge is 0.409 e. The van der Waals surface area contributed by atoms with Crippen LogP contribution in [0, 0.1) is 0 Å². The van der Waals surface area contributed by atoms with E-state index in [0.29, 0.717) is 6.54 Å².